The number of nitrogens with zero attached hydrogens (tertiary/aromatic N) is 4. The van der Waals surface area contributed by atoms with Gasteiger partial charge in [-0.1, -0.05) is 12.1 Å². The van der Waals surface area contributed by atoms with Crippen LogP contribution in [-0.4, -0.2) is 63.5 Å². The van der Waals surface area contributed by atoms with Crippen LogP contribution in [-0.2, 0) is 9.53 Å². The summed E-state index contributed by atoms with van der Waals surface area (Å²) in [7, 11) is 0. The van der Waals surface area contributed by atoms with Crippen molar-refractivity contribution < 1.29 is 32.2 Å². The largest absolute Gasteiger partial charge is 0.490 e. The third kappa shape index (κ3) is 7.49. The number of aromatic nitrogens is 4. The van der Waals surface area contributed by atoms with E-state index in [1.54, 1.807) is 18.3 Å². The summed E-state index contributed by atoms with van der Waals surface area (Å²) >= 11 is 0. The third-order valence-corrected chi connectivity index (χ3v) is 6.45. The second-order valence-electron chi connectivity index (χ2n) is 9.59. The van der Waals surface area contributed by atoms with Gasteiger partial charge >= 0.3 is 17.9 Å². The molecule has 12 nitrogen and oxygen atoms in total. The van der Waals surface area contributed by atoms with Crippen LogP contribution in [0.1, 0.15) is 5.56 Å². The van der Waals surface area contributed by atoms with Crippen molar-refractivity contribution in [2.45, 2.75) is 13.1 Å². The summed E-state index contributed by atoms with van der Waals surface area (Å²) in [6.07, 6.45) is -1.42. The Balaban J connectivity index is 0.000000493. The SMILES string of the molecule is Cc1cnc(Nc2ccc(-c3ccc(N4CCOCC4)nc3)cc2)nc1Nc1ccc2oc(=O)[nH]c2c1.O=C(O)C(F)(F)F. The Labute approximate surface area is 247 Å². The third-order valence-electron chi connectivity index (χ3n) is 6.45. The maximum atomic E-state index is 11.4. The Morgan fingerprint density at radius 3 is 2.30 bits per heavy atom. The zero-order valence-corrected chi connectivity index (χ0v) is 23.2. The van der Waals surface area contributed by atoms with Gasteiger partial charge in [-0.3, -0.25) is 4.98 Å². The van der Waals surface area contributed by atoms with Gasteiger partial charge in [0.2, 0.25) is 5.95 Å². The van der Waals surface area contributed by atoms with Crippen LogP contribution in [0.2, 0.25) is 0 Å². The predicted octanol–water partition coefficient (Wildman–Crippen LogP) is 5.24. The van der Waals surface area contributed by atoms with Crippen molar-refractivity contribution in [2.75, 3.05) is 41.8 Å². The lowest BCUT2D eigenvalue weighted by Crippen LogP contribution is -2.36. The van der Waals surface area contributed by atoms with Crippen LogP contribution in [0.25, 0.3) is 22.2 Å². The number of rotatable bonds is 6. The number of hydrogen-bond acceptors (Lipinski definition) is 10. The lowest BCUT2D eigenvalue weighted by Gasteiger charge is -2.27. The molecule has 0 unspecified atom stereocenters. The Hall–Kier alpha value is -5.44. The number of ether oxygens (including phenoxy) is 1. The van der Waals surface area contributed by atoms with Crippen LogP contribution in [0.15, 0.2) is 76.2 Å². The highest BCUT2D eigenvalue weighted by Crippen LogP contribution is 2.26. The molecule has 0 saturated carbocycles. The first-order chi connectivity index (χ1) is 21.0. The van der Waals surface area contributed by atoms with Gasteiger partial charge in [0, 0.05) is 48.0 Å². The number of aliphatic carboxylic acids is 1. The number of pyridine rings is 1. The van der Waals surface area contributed by atoms with E-state index in [2.05, 4.69) is 47.6 Å². The van der Waals surface area contributed by atoms with E-state index >= 15 is 0 Å². The Bertz CT molecular complexity index is 1800. The van der Waals surface area contributed by atoms with Crippen LogP contribution < -0.4 is 21.3 Å². The average Bonchev–Trinajstić information content (AvgIpc) is 3.39. The molecule has 0 bridgehead atoms. The van der Waals surface area contributed by atoms with E-state index in [1.165, 1.54) is 0 Å². The zero-order chi connectivity index (χ0) is 31.3. The summed E-state index contributed by atoms with van der Waals surface area (Å²) in [6, 6.07) is 17.6. The van der Waals surface area contributed by atoms with Crippen LogP contribution in [0.4, 0.5) is 42.1 Å². The normalized spacial score (nSPS) is 13.2. The molecular weight excluding hydrogens is 583 g/mol. The van der Waals surface area contributed by atoms with E-state index in [4.69, 9.17) is 19.1 Å². The number of carboxylic acids is 1. The maximum Gasteiger partial charge on any atom is 0.490 e. The van der Waals surface area contributed by atoms with Gasteiger partial charge in [0.05, 0.1) is 18.7 Å². The molecule has 228 valence electrons. The summed E-state index contributed by atoms with van der Waals surface area (Å²) in [6.45, 7) is 5.14. The van der Waals surface area contributed by atoms with Crippen molar-refractivity contribution in [3.8, 4) is 11.1 Å². The minimum Gasteiger partial charge on any atom is -0.475 e. The smallest absolute Gasteiger partial charge is 0.475 e. The number of alkyl halides is 3. The van der Waals surface area contributed by atoms with Crippen molar-refractivity contribution >= 4 is 46.0 Å². The molecule has 0 spiro atoms. The number of morpholine rings is 1. The number of nitrogens with one attached hydrogen (secondary N) is 3. The van der Waals surface area contributed by atoms with E-state index in [0.29, 0.717) is 22.9 Å². The molecule has 3 aromatic heterocycles. The molecule has 1 aliphatic heterocycles. The molecule has 0 radical (unpaired) electrons. The van der Waals surface area contributed by atoms with Gasteiger partial charge in [-0.05, 0) is 55.0 Å². The molecule has 15 heteroatoms. The molecule has 44 heavy (non-hydrogen) atoms. The van der Waals surface area contributed by atoms with Gasteiger partial charge in [-0.15, -0.1) is 0 Å². The maximum absolute atomic E-state index is 11.4. The number of halogens is 3. The Morgan fingerprint density at radius 2 is 1.64 bits per heavy atom. The van der Waals surface area contributed by atoms with Crippen molar-refractivity contribution in [2.24, 2.45) is 0 Å². The molecule has 1 saturated heterocycles. The summed E-state index contributed by atoms with van der Waals surface area (Å²) in [5.41, 5.74) is 5.78. The number of H-pyrrole nitrogens is 1. The molecule has 4 N–H and O–H groups in total. The van der Waals surface area contributed by atoms with Crippen LogP contribution in [0, 0.1) is 6.92 Å². The lowest BCUT2D eigenvalue weighted by molar-refractivity contribution is -0.192. The fourth-order valence-corrected chi connectivity index (χ4v) is 4.21. The van der Waals surface area contributed by atoms with E-state index in [0.717, 1.165) is 60.2 Å². The number of anilines is 5. The quantitative estimate of drug-likeness (QED) is 0.200. The molecule has 1 aliphatic rings. The first kappa shape index (κ1) is 30.0. The molecule has 1 fully saturated rings. The van der Waals surface area contributed by atoms with E-state index in [9.17, 15) is 18.0 Å². The minimum absolute atomic E-state index is 0.468. The highest BCUT2D eigenvalue weighted by Gasteiger charge is 2.38. The highest BCUT2D eigenvalue weighted by atomic mass is 19.4. The van der Waals surface area contributed by atoms with Crippen LogP contribution in [0.3, 0.4) is 0 Å². The van der Waals surface area contributed by atoms with E-state index in [1.807, 2.05) is 43.5 Å². The number of hydrogen-bond donors (Lipinski definition) is 4. The molecule has 0 aliphatic carbocycles. The fraction of sp³-hybridized carbons (Fsp3) is 0.207. The van der Waals surface area contributed by atoms with Gasteiger partial charge < -0.3 is 29.8 Å². The molecule has 4 heterocycles. The number of aromatic amines is 1. The first-order valence-electron chi connectivity index (χ1n) is 13.2. The molecular formula is C29H26F3N7O5. The second-order valence-corrected chi connectivity index (χ2v) is 9.59. The van der Waals surface area contributed by atoms with E-state index < -0.39 is 17.9 Å². The molecule has 5 aromatic rings. The minimum atomic E-state index is -5.08. The van der Waals surface area contributed by atoms with Crippen molar-refractivity contribution in [1.29, 1.82) is 0 Å². The molecule has 2 aromatic carbocycles. The average molecular weight is 610 g/mol. The van der Waals surface area contributed by atoms with Crippen LogP contribution >= 0.6 is 0 Å². The van der Waals surface area contributed by atoms with Crippen molar-refractivity contribution in [1.82, 2.24) is 19.9 Å². The van der Waals surface area contributed by atoms with Crippen molar-refractivity contribution in [3.63, 3.8) is 0 Å². The molecule has 0 atom stereocenters. The fourth-order valence-electron chi connectivity index (χ4n) is 4.21. The summed E-state index contributed by atoms with van der Waals surface area (Å²) < 4.78 is 42.2. The number of benzene rings is 2. The summed E-state index contributed by atoms with van der Waals surface area (Å²) in [4.78, 5) is 38.9. The monoisotopic (exact) mass is 609 g/mol. The van der Waals surface area contributed by atoms with Gasteiger partial charge in [-0.2, -0.15) is 18.2 Å². The van der Waals surface area contributed by atoms with Gasteiger partial charge in [-0.25, -0.2) is 19.6 Å². The Morgan fingerprint density at radius 1 is 0.955 bits per heavy atom. The van der Waals surface area contributed by atoms with Gasteiger partial charge in [0.25, 0.3) is 0 Å². The summed E-state index contributed by atoms with van der Waals surface area (Å²) in [5.74, 6) is -1.14. The molecule has 0 amide bonds. The van der Waals surface area contributed by atoms with Crippen molar-refractivity contribution in [3.05, 3.63) is 83.1 Å². The second kappa shape index (κ2) is 12.8. The van der Waals surface area contributed by atoms with E-state index in [-0.39, 0.29) is 0 Å². The topological polar surface area (TPSA) is 158 Å². The molecule has 6 rings (SSSR count). The van der Waals surface area contributed by atoms with Crippen LogP contribution in [0.5, 0.6) is 0 Å². The number of carboxylic acid groups (broad SMARTS) is 1. The number of fused-ring (bicyclic) bond motifs is 1. The lowest BCUT2D eigenvalue weighted by atomic mass is 10.1. The number of carbonyl (C=O) groups is 1. The van der Waals surface area contributed by atoms with Gasteiger partial charge in [0.1, 0.15) is 11.6 Å². The Kier molecular flexibility index (Phi) is 8.76. The first-order valence-corrected chi connectivity index (χ1v) is 13.2. The summed E-state index contributed by atoms with van der Waals surface area (Å²) in [5, 5.41) is 13.7. The predicted molar refractivity (Wildman–Crippen MR) is 157 cm³/mol. The number of aryl methyl sites for hydroxylation is 1. The van der Waals surface area contributed by atoms with Gasteiger partial charge in [0.15, 0.2) is 5.58 Å². The highest BCUT2D eigenvalue weighted by molar-refractivity contribution is 5.78. The number of oxazole rings is 1. The zero-order valence-electron chi connectivity index (χ0n) is 23.2. The standard InChI is InChI=1S/C27H25N7O3.C2HF3O2/c1-17-15-29-26(33-25(17)30-21-7-8-23-22(14-21)32-27(35)37-23)31-20-5-2-18(3-6-20)19-4-9-24(28-16-19)34-10-12-36-13-11-34;3-2(4,5)1(6)7/h2-9,14-16H,10-13H2,1H3,(H,32,35)(H2,29,30,31,33);(H,6,7).